The molecular formula is C29H35N5O8. The number of amides is 2. The summed E-state index contributed by atoms with van der Waals surface area (Å²) < 4.78 is 15.8. The highest BCUT2D eigenvalue weighted by atomic mass is 16.5. The molecule has 0 aromatic heterocycles. The Kier molecular flexibility index (Phi) is 15.4. The zero-order valence-electron chi connectivity index (χ0n) is 23.4. The summed E-state index contributed by atoms with van der Waals surface area (Å²) in [7, 11) is 0. The fourth-order valence-electron chi connectivity index (χ4n) is 3.74. The molecule has 2 amide bonds. The Hall–Kier alpha value is -4.74. The summed E-state index contributed by atoms with van der Waals surface area (Å²) in [5.41, 5.74) is 9.79. The van der Waals surface area contributed by atoms with Crippen molar-refractivity contribution in [3.8, 4) is 0 Å². The third-order valence-corrected chi connectivity index (χ3v) is 5.80. The van der Waals surface area contributed by atoms with Gasteiger partial charge in [0.05, 0.1) is 38.0 Å². The van der Waals surface area contributed by atoms with E-state index in [1.165, 1.54) is 6.92 Å². The highest BCUT2D eigenvalue weighted by Gasteiger charge is 2.31. The minimum absolute atomic E-state index is 0.0100. The van der Waals surface area contributed by atoms with Crippen molar-refractivity contribution in [2.24, 2.45) is 11.0 Å². The predicted octanol–water partition coefficient (Wildman–Crippen LogP) is 2.78. The van der Waals surface area contributed by atoms with Gasteiger partial charge in [0, 0.05) is 31.3 Å². The van der Waals surface area contributed by atoms with Crippen LogP contribution in [0.25, 0.3) is 10.4 Å². The molecule has 0 spiro atoms. The zero-order valence-corrected chi connectivity index (χ0v) is 23.4. The second-order valence-electron chi connectivity index (χ2n) is 9.18. The Bertz CT molecular complexity index is 1220. The second-order valence-corrected chi connectivity index (χ2v) is 9.18. The molecule has 0 saturated heterocycles. The van der Waals surface area contributed by atoms with Gasteiger partial charge in [-0.1, -0.05) is 65.8 Å². The number of carbonyl (C=O) groups is 5. The average Bonchev–Trinajstić information content (AvgIpc) is 2.98. The van der Waals surface area contributed by atoms with Crippen LogP contribution in [0.1, 0.15) is 37.3 Å². The standard InChI is InChI=1S/C29H35N5O8/c1-21(35)33-25(18-28(38)42-20-23-10-6-3-7-11-23)26(36)16-24(29(39)31-12-14-40-15-13-32-34-30)17-27(37)41-19-22-8-4-2-5-9-22/h2-11,24-25H,12-20H2,1H3,(H,31,39)(H,33,35)/t24-,25+/m0/s1. The van der Waals surface area contributed by atoms with Crippen molar-refractivity contribution in [1.82, 2.24) is 10.6 Å². The van der Waals surface area contributed by atoms with Crippen LogP contribution in [0.15, 0.2) is 65.8 Å². The molecule has 2 aromatic rings. The molecule has 2 atom stereocenters. The van der Waals surface area contributed by atoms with Gasteiger partial charge in [-0.25, -0.2) is 0 Å². The van der Waals surface area contributed by atoms with Crippen LogP contribution in [0.2, 0.25) is 0 Å². The van der Waals surface area contributed by atoms with E-state index in [2.05, 4.69) is 20.7 Å². The molecule has 2 N–H and O–H groups in total. The first-order valence-corrected chi connectivity index (χ1v) is 13.3. The SMILES string of the molecule is CC(=O)N[C@H](CC(=O)OCc1ccccc1)C(=O)C[C@@H](CC(=O)OCc1ccccc1)C(=O)NCCOCCN=[N+]=[N-]. The van der Waals surface area contributed by atoms with Crippen molar-refractivity contribution in [3.05, 3.63) is 82.2 Å². The van der Waals surface area contributed by atoms with Crippen LogP contribution in [0.5, 0.6) is 0 Å². The smallest absolute Gasteiger partial charge is 0.308 e. The maximum Gasteiger partial charge on any atom is 0.308 e. The summed E-state index contributed by atoms with van der Waals surface area (Å²) in [5.74, 6) is -4.33. The second kappa shape index (κ2) is 19.4. The van der Waals surface area contributed by atoms with Crippen molar-refractivity contribution in [2.45, 2.75) is 45.4 Å². The molecule has 0 heterocycles. The summed E-state index contributed by atoms with van der Waals surface area (Å²) in [6.07, 6.45) is -1.30. The largest absolute Gasteiger partial charge is 0.461 e. The van der Waals surface area contributed by atoms with Crippen LogP contribution in [-0.2, 0) is 51.4 Å². The van der Waals surface area contributed by atoms with E-state index in [0.29, 0.717) is 0 Å². The van der Waals surface area contributed by atoms with Crippen LogP contribution in [-0.4, -0.2) is 61.9 Å². The molecule has 0 aliphatic carbocycles. The minimum Gasteiger partial charge on any atom is -0.461 e. The lowest BCUT2D eigenvalue weighted by Crippen LogP contribution is -2.44. The highest BCUT2D eigenvalue weighted by Crippen LogP contribution is 2.15. The fourth-order valence-corrected chi connectivity index (χ4v) is 3.74. The lowest BCUT2D eigenvalue weighted by molar-refractivity contribution is -0.150. The van der Waals surface area contributed by atoms with E-state index in [-0.39, 0.29) is 39.5 Å². The first-order chi connectivity index (χ1) is 20.3. The maximum atomic E-state index is 13.2. The van der Waals surface area contributed by atoms with E-state index < -0.39 is 60.8 Å². The Morgan fingerprint density at radius 1 is 0.833 bits per heavy atom. The number of azide groups is 1. The number of nitrogens with one attached hydrogen (secondary N) is 2. The van der Waals surface area contributed by atoms with Gasteiger partial charge in [0.1, 0.15) is 13.2 Å². The van der Waals surface area contributed by atoms with Crippen molar-refractivity contribution in [1.29, 1.82) is 0 Å². The van der Waals surface area contributed by atoms with Gasteiger partial charge in [-0.15, -0.1) is 0 Å². The van der Waals surface area contributed by atoms with Gasteiger partial charge in [0.2, 0.25) is 11.8 Å². The first-order valence-electron chi connectivity index (χ1n) is 13.3. The Morgan fingerprint density at radius 3 is 1.95 bits per heavy atom. The molecule has 0 saturated carbocycles. The quantitative estimate of drug-likeness (QED) is 0.0833. The molecule has 42 heavy (non-hydrogen) atoms. The molecule has 0 aliphatic rings. The summed E-state index contributed by atoms with van der Waals surface area (Å²) in [6.45, 7) is 1.64. The maximum absolute atomic E-state index is 13.2. The van der Waals surface area contributed by atoms with Gasteiger partial charge in [-0.05, 0) is 16.7 Å². The van der Waals surface area contributed by atoms with E-state index >= 15 is 0 Å². The number of Topliss-reactive ketones (excluding diaryl/α,β-unsaturated/α-hetero) is 1. The predicted molar refractivity (Wildman–Crippen MR) is 150 cm³/mol. The van der Waals surface area contributed by atoms with Crippen molar-refractivity contribution < 1.29 is 38.2 Å². The van der Waals surface area contributed by atoms with Crippen LogP contribution in [0.3, 0.4) is 0 Å². The molecule has 2 aromatic carbocycles. The number of esters is 2. The monoisotopic (exact) mass is 581 g/mol. The van der Waals surface area contributed by atoms with E-state index in [9.17, 15) is 24.0 Å². The molecule has 2 rings (SSSR count). The Labute approximate surface area is 243 Å². The topological polar surface area (TPSA) is 186 Å². The van der Waals surface area contributed by atoms with Crippen molar-refractivity contribution in [2.75, 3.05) is 26.3 Å². The van der Waals surface area contributed by atoms with E-state index in [0.717, 1.165) is 11.1 Å². The molecular weight excluding hydrogens is 546 g/mol. The molecule has 0 bridgehead atoms. The summed E-state index contributed by atoms with van der Waals surface area (Å²) in [5, 5.41) is 8.39. The van der Waals surface area contributed by atoms with E-state index in [1.807, 2.05) is 12.1 Å². The van der Waals surface area contributed by atoms with Crippen molar-refractivity contribution >= 4 is 29.5 Å². The number of rotatable bonds is 19. The summed E-state index contributed by atoms with van der Waals surface area (Å²) >= 11 is 0. The summed E-state index contributed by atoms with van der Waals surface area (Å²) in [4.78, 5) is 65.7. The first kappa shape index (κ1) is 33.5. The molecule has 13 nitrogen and oxygen atoms in total. The third-order valence-electron chi connectivity index (χ3n) is 5.80. The molecule has 0 radical (unpaired) electrons. The van der Waals surface area contributed by atoms with Gasteiger partial charge in [-0.3, -0.25) is 24.0 Å². The lowest BCUT2D eigenvalue weighted by atomic mass is 9.93. The Morgan fingerprint density at radius 2 is 1.40 bits per heavy atom. The van der Waals surface area contributed by atoms with Gasteiger partial charge in [0.15, 0.2) is 5.78 Å². The van der Waals surface area contributed by atoms with E-state index in [4.69, 9.17) is 19.7 Å². The number of hydrogen-bond donors (Lipinski definition) is 2. The average molecular weight is 582 g/mol. The van der Waals surface area contributed by atoms with Gasteiger partial charge >= 0.3 is 11.9 Å². The fraction of sp³-hybridized carbons (Fsp3) is 0.414. The minimum atomic E-state index is -1.26. The third kappa shape index (κ3) is 14.1. The number of ketones is 1. The molecule has 13 heteroatoms. The summed E-state index contributed by atoms with van der Waals surface area (Å²) in [6, 6.07) is 16.6. The Balaban J connectivity index is 2.02. The molecule has 224 valence electrons. The van der Waals surface area contributed by atoms with Gasteiger partial charge in [0.25, 0.3) is 0 Å². The molecule has 0 aliphatic heterocycles. The van der Waals surface area contributed by atoms with Crippen LogP contribution in [0.4, 0.5) is 0 Å². The van der Waals surface area contributed by atoms with Gasteiger partial charge < -0.3 is 24.8 Å². The van der Waals surface area contributed by atoms with Crippen LogP contribution >= 0.6 is 0 Å². The number of hydrogen-bond acceptors (Lipinski definition) is 9. The van der Waals surface area contributed by atoms with Crippen molar-refractivity contribution in [3.63, 3.8) is 0 Å². The normalized spacial score (nSPS) is 11.7. The molecule has 0 fully saturated rings. The number of carbonyl (C=O) groups excluding carboxylic acids is 5. The molecule has 0 unspecified atom stereocenters. The number of ether oxygens (including phenoxy) is 3. The van der Waals surface area contributed by atoms with Gasteiger partial charge in [-0.2, -0.15) is 0 Å². The number of benzene rings is 2. The highest BCUT2D eigenvalue weighted by molar-refractivity contribution is 5.95. The van der Waals surface area contributed by atoms with Crippen LogP contribution in [0, 0.1) is 5.92 Å². The zero-order chi connectivity index (χ0) is 30.6. The number of nitrogens with zero attached hydrogens (tertiary/aromatic N) is 3. The van der Waals surface area contributed by atoms with Crippen LogP contribution < -0.4 is 10.6 Å². The lowest BCUT2D eigenvalue weighted by Gasteiger charge is -2.20. The van der Waals surface area contributed by atoms with E-state index in [1.54, 1.807) is 48.5 Å².